The molecule has 0 spiro atoms. The Bertz CT molecular complexity index is 761. The lowest BCUT2D eigenvalue weighted by Gasteiger charge is -1.98. The van der Waals surface area contributed by atoms with E-state index in [1.54, 1.807) is 7.11 Å². The van der Waals surface area contributed by atoms with Crippen LogP contribution in [0.1, 0.15) is 9.81 Å². The van der Waals surface area contributed by atoms with Crippen LogP contribution >= 0.6 is 0 Å². The molecule has 16 heavy (non-hydrogen) atoms. The van der Waals surface area contributed by atoms with E-state index < -0.39 is 6.85 Å². The molecule has 0 atom stereocenters. The number of aromatic nitrogens is 2. The minimum Gasteiger partial charge on any atom is -0.497 e. The summed E-state index contributed by atoms with van der Waals surface area (Å²) >= 11 is 0. The number of nitrogens with zero attached hydrogens (tertiary/aromatic N) is 1. The standard InChI is InChI=1S/C13H12N2O/c1-8-13-11(5-6-14-8)10-4-3-9(16-2)7-12(10)15-13/h3-7,15H,1-2H3/i1D3. The summed E-state index contributed by atoms with van der Waals surface area (Å²) in [6, 6.07) is 7.43. The van der Waals surface area contributed by atoms with E-state index in [2.05, 4.69) is 9.97 Å². The third-order valence-electron chi connectivity index (χ3n) is 2.73. The highest BCUT2D eigenvalue weighted by atomic mass is 16.5. The molecule has 0 aliphatic carbocycles. The van der Waals surface area contributed by atoms with E-state index in [1.165, 1.54) is 6.20 Å². The molecule has 1 N–H and O–H groups in total. The summed E-state index contributed by atoms with van der Waals surface area (Å²) in [7, 11) is 1.60. The molecule has 3 aromatic rings. The van der Waals surface area contributed by atoms with Crippen LogP contribution < -0.4 is 4.74 Å². The molecule has 0 saturated heterocycles. The van der Waals surface area contributed by atoms with Gasteiger partial charge in [0, 0.05) is 27.1 Å². The van der Waals surface area contributed by atoms with Crippen LogP contribution in [0.5, 0.6) is 5.75 Å². The molecule has 0 aliphatic heterocycles. The van der Waals surface area contributed by atoms with Crippen molar-refractivity contribution in [3.63, 3.8) is 0 Å². The van der Waals surface area contributed by atoms with Crippen LogP contribution in [-0.2, 0) is 0 Å². The summed E-state index contributed by atoms with van der Waals surface area (Å²) in [4.78, 5) is 7.12. The van der Waals surface area contributed by atoms with Gasteiger partial charge in [0.1, 0.15) is 5.75 Å². The molecule has 3 rings (SSSR count). The maximum Gasteiger partial charge on any atom is 0.120 e. The van der Waals surface area contributed by atoms with E-state index in [1.807, 2.05) is 24.3 Å². The number of aryl methyl sites for hydroxylation is 1. The zero-order valence-corrected chi connectivity index (χ0v) is 8.74. The first-order chi connectivity index (χ1) is 9.00. The van der Waals surface area contributed by atoms with Gasteiger partial charge in [0.05, 0.1) is 23.8 Å². The molecule has 0 amide bonds. The van der Waals surface area contributed by atoms with Crippen molar-refractivity contribution in [3.8, 4) is 5.75 Å². The van der Waals surface area contributed by atoms with Gasteiger partial charge in [0.15, 0.2) is 0 Å². The third-order valence-corrected chi connectivity index (χ3v) is 2.73. The van der Waals surface area contributed by atoms with Gasteiger partial charge < -0.3 is 9.72 Å². The fraction of sp³-hybridized carbons (Fsp3) is 0.154. The van der Waals surface area contributed by atoms with Crippen molar-refractivity contribution in [2.24, 2.45) is 0 Å². The summed E-state index contributed by atoms with van der Waals surface area (Å²) in [6.45, 7) is -2.23. The lowest BCUT2D eigenvalue weighted by atomic mass is 10.1. The molecule has 0 fully saturated rings. The van der Waals surface area contributed by atoms with Crippen LogP contribution in [0.4, 0.5) is 0 Å². The second kappa shape index (κ2) is 3.23. The molecule has 0 bridgehead atoms. The Morgan fingerprint density at radius 2 is 2.25 bits per heavy atom. The van der Waals surface area contributed by atoms with E-state index in [-0.39, 0.29) is 5.69 Å². The zero-order chi connectivity index (χ0) is 13.6. The monoisotopic (exact) mass is 215 g/mol. The van der Waals surface area contributed by atoms with Crippen LogP contribution in [0.3, 0.4) is 0 Å². The quantitative estimate of drug-likeness (QED) is 0.677. The van der Waals surface area contributed by atoms with Gasteiger partial charge in [-0.1, -0.05) is 0 Å². The van der Waals surface area contributed by atoms with Gasteiger partial charge in [0.25, 0.3) is 0 Å². The number of ether oxygens (including phenoxy) is 1. The van der Waals surface area contributed by atoms with E-state index in [9.17, 15) is 0 Å². The lowest BCUT2D eigenvalue weighted by molar-refractivity contribution is 0.415. The molecule has 80 valence electrons. The predicted molar refractivity (Wildman–Crippen MR) is 64.9 cm³/mol. The lowest BCUT2D eigenvalue weighted by Crippen LogP contribution is -1.80. The van der Waals surface area contributed by atoms with Crippen LogP contribution in [0.2, 0.25) is 0 Å². The second-order valence-electron chi connectivity index (χ2n) is 3.62. The Labute approximate surface area is 97.3 Å². The van der Waals surface area contributed by atoms with Crippen molar-refractivity contribution in [3.05, 3.63) is 36.2 Å². The maximum absolute atomic E-state index is 7.53. The number of methoxy groups -OCH3 is 1. The van der Waals surface area contributed by atoms with Crippen molar-refractivity contribution in [2.45, 2.75) is 6.85 Å². The first-order valence-electron chi connectivity index (χ1n) is 6.45. The predicted octanol–water partition coefficient (Wildman–Crippen LogP) is 3.03. The number of hydrogen-bond acceptors (Lipinski definition) is 2. The molecule has 0 saturated carbocycles. The highest BCUT2D eigenvalue weighted by Crippen LogP contribution is 2.28. The van der Waals surface area contributed by atoms with Crippen molar-refractivity contribution in [2.75, 3.05) is 7.11 Å². The van der Waals surface area contributed by atoms with Crippen LogP contribution in [0, 0.1) is 6.85 Å². The van der Waals surface area contributed by atoms with Gasteiger partial charge in [-0.25, -0.2) is 0 Å². The van der Waals surface area contributed by atoms with E-state index in [0.29, 0.717) is 5.52 Å². The van der Waals surface area contributed by atoms with Crippen LogP contribution in [0.15, 0.2) is 30.5 Å². The fourth-order valence-corrected chi connectivity index (χ4v) is 1.94. The van der Waals surface area contributed by atoms with Crippen molar-refractivity contribution >= 4 is 21.8 Å². The normalized spacial score (nSPS) is 14.7. The number of hydrogen-bond donors (Lipinski definition) is 1. The molecule has 0 unspecified atom stereocenters. The summed E-state index contributed by atoms with van der Waals surface area (Å²) in [6.07, 6.45) is 1.53. The number of rotatable bonds is 1. The van der Waals surface area contributed by atoms with Gasteiger partial charge in [-0.05, 0) is 25.1 Å². The maximum atomic E-state index is 7.53. The van der Waals surface area contributed by atoms with Gasteiger partial charge >= 0.3 is 0 Å². The number of pyridine rings is 1. The first-order valence-corrected chi connectivity index (χ1v) is 4.95. The average Bonchev–Trinajstić information content (AvgIpc) is 2.74. The molecule has 1 aromatic carbocycles. The molecule has 3 nitrogen and oxygen atoms in total. The smallest absolute Gasteiger partial charge is 0.120 e. The average molecular weight is 215 g/mol. The van der Waals surface area contributed by atoms with Gasteiger partial charge in [-0.2, -0.15) is 0 Å². The summed E-state index contributed by atoms with van der Waals surface area (Å²) in [5, 5.41) is 1.82. The number of H-pyrrole nitrogens is 1. The van der Waals surface area contributed by atoms with Crippen LogP contribution in [-0.4, -0.2) is 17.1 Å². The SMILES string of the molecule is [2H]C([2H])([2H])c1nccc2c1[nH]c1cc(OC)ccc12. The number of benzene rings is 1. The largest absolute Gasteiger partial charge is 0.497 e. The Hall–Kier alpha value is -2.03. The minimum absolute atomic E-state index is 0.0974. The van der Waals surface area contributed by atoms with Crippen molar-refractivity contribution < 1.29 is 8.85 Å². The Kier molecular flexibility index (Phi) is 1.32. The van der Waals surface area contributed by atoms with Gasteiger partial charge in [-0.3, -0.25) is 4.98 Å². The first kappa shape index (κ1) is 6.53. The molecule has 2 heterocycles. The molecular formula is C13H12N2O. The van der Waals surface area contributed by atoms with E-state index in [4.69, 9.17) is 8.85 Å². The molecular weight excluding hydrogens is 200 g/mol. The fourth-order valence-electron chi connectivity index (χ4n) is 1.94. The van der Waals surface area contributed by atoms with E-state index in [0.717, 1.165) is 22.0 Å². The van der Waals surface area contributed by atoms with Crippen LogP contribution in [0.25, 0.3) is 21.8 Å². The van der Waals surface area contributed by atoms with Crippen molar-refractivity contribution in [1.29, 1.82) is 0 Å². The third kappa shape index (κ3) is 1.18. The number of nitrogens with one attached hydrogen (secondary N) is 1. The Morgan fingerprint density at radius 1 is 1.31 bits per heavy atom. The highest BCUT2D eigenvalue weighted by molar-refractivity contribution is 6.08. The zero-order valence-electron chi connectivity index (χ0n) is 11.7. The van der Waals surface area contributed by atoms with Crippen molar-refractivity contribution in [1.82, 2.24) is 9.97 Å². The second-order valence-corrected chi connectivity index (χ2v) is 3.62. The van der Waals surface area contributed by atoms with Gasteiger partial charge in [0.2, 0.25) is 0 Å². The minimum atomic E-state index is -2.23. The molecule has 0 radical (unpaired) electrons. The van der Waals surface area contributed by atoms with Gasteiger partial charge in [-0.15, -0.1) is 0 Å². The topological polar surface area (TPSA) is 37.9 Å². The molecule has 2 aromatic heterocycles. The Balaban J connectivity index is 2.39. The van der Waals surface area contributed by atoms with E-state index >= 15 is 0 Å². The Morgan fingerprint density at radius 3 is 3.06 bits per heavy atom. The summed E-state index contributed by atoms with van der Waals surface area (Å²) in [5.41, 5.74) is 1.50. The number of fused-ring (bicyclic) bond motifs is 3. The number of aromatic amines is 1. The molecule has 3 heteroatoms. The summed E-state index contributed by atoms with van der Waals surface area (Å²) < 4.78 is 27.8. The molecule has 0 aliphatic rings. The summed E-state index contributed by atoms with van der Waals surface area (Å²) in [5.74, 6) is 0.724. The highest BCUT2D eigenvalue weighted by Gasteiger charge is 2.06.